The van der Waals surface area contributed by atoms with Crippen LogP contribution in [-0.2, 0) is 16.1 Å². The molecule has 2 aliphatic rings. The molecule has 24 heavy (non-hydrogen) atoms. The third kappa shape index (κ3) is 2.27. The van der Waals surface area contributed by atoms with E-state index in [2.05, 4.69) is 11.9 Å². The molecule has 2 aliphatic heterocycles. The minimum Gasteiger partial charge on any atom is -0.368 e. The first-order valence-electron chi connectivity index (χ1n) is 7.94. The fraction of sp³-hybridized carbons (Fsp3) is 0.533. The molecule has 1 atom stereocenters. The molecule has 0 bridgehead atoms. The molecule has 0 aliphatic carbocycles. The van der Waals surface area contributed by atoms with Gasteiger partial charge in [-0.25, -0.2) is 13.9 Å². The maximum Gasteiger partial charge on any atom is 0.401 e. The number of primary amides is 1. The van der Waals surface area contributed by atoms with E-state index in [0.29, 0.717) is 11.8 Å². The standard InChI is InChI=1S/C15H20N6O3/c1-4-5-6-19-9(2)7-20-11-12(17-14(19)20)18(3)15(24)21(13(11)23)8-10(16)22/h7,11H,4-6,8H2,1-3H3,(H-,16,22)/p+1. The molecule has 1 aromatic rings. The number of nitrogens with two attached hydrogens (primary N) is 1. The Labute approximate surface area is 139 Å². The molecule has 0 aromatic carbocycles. The summed E-state index contributed by atoms with van der Waals surface area (Å²) >= 11 is 0. The number of hydrogen-bond acceptors (Lipinski definition) is 4. The van der Waals surface area contributed by atoms with Crippen LogP contribution in [0.1, 0.15) is 31.5 Å². The summed E-state index contributed by atoms with van der Waals surface area (Å²) in [5, 5.41) is 0. The average molecular weight is 333 g/mol. The quantitative estimate of drug-likeness (QED) is 0.757. The van der Waals surface area contributed by atoms with Crippen LogP contribution in [0.3, 0.4) is 0 Å². The number of amidine groups is 1. The summed E-state index contributed by atoms with van der Waals surface area (Å²) in [6, 6.07) is -1.32. The molecule has 1 saturated heterocycles. The molecule has 0 saturated carbocycles. The Balaban J connectivity index is 2.03. The zero-order valence-electron chi connectivity index (χ0n) is 14.0. The number of amides is 4. The van der Waals surface area contributed by atoms with Crippen molar-refractivity contribution in [3.05, 3.63) is 11.9 Å². The highest BCUT2D eigenvalue weighted by molar-refractivity contribution is 6.19. The third-order valence-corrected chi connectivity index (χ3v) is 4.37. The number of urea groups is 1. The van der Waals surface area contributed by atoms with E-state index in [1.165, 1.54) is 4.90 Å². The number of imide groups is 1. The SMILES string of the molecule is CCCCn1c(C)c[n+]2c1N=C1C2C(=O)N(CC(N)=O)C(=O)N1C. The van der Waals surface area contributed by atoms with Gasteiger partial charge in [0.05, 0.1) is 6.54 Å². The van der Waals surface area contributed by atoms with E-state index >= 15 is 0 Å². The predicted octanol–water partition coefficient (Wildman–Crippen LogP) is -0.152. The number of aliphatic imine (C=N–C) groups is 1. The van der Waals surface area contributed by atoms with Crippen LogP contribution >= 0.6 is 0 Å². The number of likely N-dealkylation sites (N-methyl/N-ethyl adjacent to an activating group) is 1. The first kappa shape index (κ1) is 16.2. The van der Waals surface area contributed by atoms with E-state index in [-0.39, 0.29) is 0 Å². The summed E-state index contributed by atoms with van der Waals surface area (Å²) in [6.07, 6.45) is 3.89. The smallest absolute Gasteiger partial charge is 0.368 e. The molecule has 2 N–H and O–H groups in total. The van der Waals surface area contributed by atoms with Crippen LogP contribution in [0.25, 0.3) is 0 Å². The van der Waals surface area contributed by atoms with Gasteiger partial charge in [-0.2, -0.15) is 0 Å². The van der Waals surface area contributed by atoms with Crippen LogP contribution in [0, 0.1) is 6.92 Å². The summed E-state index contributed by atoms with van der Waals surface area (Å²) in [5.74, 6) is -0.182. The van der Waals surface area contributed by atoms with Crippen LogP contribution < -0.4 is 10.3 Å². The van der Waals surface area contributed by atoms with Crippen molar-refractivity contribution in [1.82, 2.24) is 14.4 Å². The lowest BCUT2D eigenvalue weighted by molar-refractivity contribution is -0.677. The Morgan fingerprint density at radius 1 is 1.42 bits per heavy atom. The fourth-order valence-electron chi connectivity index (χ4n) is 3.12. The van der Waals surface area contributed by atoms with Crippen LogP contribution in [0.2, 0.25) is 0 Å². The minimum absolute atomic E-state index is 0.381. The predicted molar refractivity (Wildman–Crippen MR) is 84.5 cm³/mol. The number of carbonyl (C=O) groups is 3. The van der Waals surface area contributed by atoms with Crippen LogP contribution in [0.4, 0.5) is 10.7 Å². The lowest BCUT2D eigenvalue weighted by Gasteiger charge is -2.32. The number of unbranched alkanes of at least 4 members (excludes halogenated alkanes) is 1. The van der Waals surface area contributed by atoms with Crippen molar-refractivity contribution >= 4 is 29.6 Å². The van der Waals surface area contributed by atoms with E-state index in [4.69, 9.17) is 5.73 Å². The first-order valence-corrected chi connectivity index (χ1v) is 7.94. The molecule has 9 heteroatoms. The molecule has 0 radical (unpaired) electrons. The van der Waals surface area contributed by atoms with Crippen molar-refractivity contribution in [3.8, 4) is 0 Å². The van der Waals surface area contributed by atoms with Crippen LogP contribution in [0.5, 0.6) is 0 Å². The largest absolute Gasteiger partial charge is 0.401 e. The number of rotatable bonds is 5. The Bertz CT molecular complexity index is 766. The highest BCUT2D eigenvalue weighted by atomic mass is 16.2. The lowest BCUT2D eigenvalue weighted by Crippen LogP contribution is -2.63. The Hall–Kier alpha value is -2.71. The lowest BCUT2D eigenvalue weighted by atomic mass is 10.1. The van der Waals surface area contributed by atoms with Crippen molar-refractivity contribution in [1.29, 1.82) is 0 Å². The Morgan fingerprint density at radius 3 is 2.75 bits per heavy atom. The van der Waals surface area contributed by atoms with Gasteiger partial charge in [-0.1, -0.05) is 18.3 Å². The van der Waals surface area contributed by atoms with Gasteiger partial charge < -0.3 is 5.73 Å². The molecular weight excluding hydrogens is 312 g/mol. The number of aryl methyl sites for hydroxylation is 1. The zero-order valence-corrected chi connectivity index (χ0v) is 14.0. The van der Waals surface area contributed by atoms with Gasteiger partial charge in [0.1, 0.15) is 18.4 Å². The van der Waals surface area contributed by atoms with Crippen molar-refractivity contribution in [2.24, 2.45) is 10.7 Å². The van der Waals surface area contributed by atoms with Crippen LogP contribution in [0.15, 0.2) is 11.2 Å². The second-order valence-electron chi connectivity index (χ2n) is 6.09. The van der Waals surface area contributed by atoms with Crippen molar-refractivity contribution in [2.45, 2.75) is 39.3 Å². The van der Waals surface area contributed by atoms with E-state index in [1.807, 2.05) is 17.7 Å². The van der Waals surface area contributed by atoms with E-state index in [1.54, 1.807) is 11.6 Å². The summed E-state index contributed by atoms with van der Waals surface area (Å²) in [7, 11) is 1.55. The summed E-state index contributed by atoms with van der Waals surface area (Å²) in [4.78, 5) is 43.0. The fourth-order valence-corrected chi connectivity index (χ4v) is 3.12. The first-order chi connectivity index (χ1) is 11.4. The molecule has 1 aromatic heterocycles. The topological polar surface area (TPSA) is 105 Å². The summed E-state index contributed by atoms with van der Waals surface area (Å²) < 4.78 is 3.80. The molecular formula is C15H21N6O3+. The summed E-state index contributed by atoms with van der Waals surface area (Å²) in [5.41, 5.74) is 6.16. The number of aromatic nitrogens is 2. The van der Waals surface area contributed by atoms with Gasteiger partial charge in [0.2, 0.25) is 17.8 Å². The maximum atomic E-state index is 12.8. The van der Waals surface area contributed by atoms with Gasteiger partial charge in [-0.05, 0) is 13.3 Å². The Morgan fingerprint density at radius 2 is 2.12 bits per heavy atom. The van der Waals surface area contributed by atoms with Gasteiger partial charge in [0, 0.05) is 7.05 Å². The molecule has 0 spiro atoms. The van der Waals surface area contributed by atoms with Gasteiger partial charge in [0.15, 0.2) is 0 Å². The molecule has 3 heterocycles. The van der Waals surface area contributed by atoms with E-state index in [9.17, 15) is 14.4 Å². The van der Waals surface area contributed by atoms with E-state index < -0.39 is 30.4 Å². The van der Waals surface area contributed by atoms with Crippen LogP contribution in [-0.4, -0.2) is 51.6 Å². The Kier molecular flexibility index (Phi) is 3.86. The van der Waals surface area contributed by atoms with Gasteiger partial charge in [0.25, 0.3) is 5.91 Å². The number of hydrogen-bond donors (Lipinski definition) is 1. The van der Waals surface area contributed by atoms with Gasteiger partial charge in [-0.15, -0.1) is 0 Å². The molecule has 3 rings (SSSR count). The molecule has 9 nitrogen and oxygen atoms in total. The average Bonchev–Trinajstić information content (AvgIpc) is 3.02. The van der Waals surface area contributed by atoms with Crippen molar-refractivity contribution in [3.63, 3.8) is 0 Å². The second-order valence-corrected chi connectivity index (χ2v) is 6.09. The van der Waals surface area contributed by atoms with Gasteiger partial charge in [-0.3, -0.25) is 19.4 Å². The normalized spacial score (nSPS) is 19.5. The van der Waals surface area contributed by atoms with E-state index in [0.717, 1.165) is 30.0 Å². The number of imidazole rings is 1. The van der Waals surface area contributed by atoms with Crippen molar-refractivity contribution < 1.29 is 19.0 Å². The third-order valence-electron chi connectivity index (χ3n) is 4.37. The zero-order chi connectivity index (χ0) is 17.6. The molecule has 1 unspecified atom stereocenters. The van der Waals surface area contributed by atoms with Crippen molar-refractivity contribution in [2.75, 3.05) is 13.6 Å². The number of carbonyl (C=O) groups excluding carboxylic acids is 3. The molecule has 4 amide bonds. The number of fused-ring (bicyclic) bond motifs is 3. The highest BCUT2D eigenvalue weighted by Crippen LogP contribution is 2.29. The van der Waals surface area contributed by atoms with Gasteiger partial charge >= 0.3 is 12.0 Å². The number of nitrogens with zero attached hydrogens (tertiary/aromatic N) is 5. The highest BCUT2D eigenvalue weighted by Gasteiger charge is 2.53. The summed E-state index contributed by atoms with van der Waals surface area (Å²) in [6.45, 7) is 4.43. The minimum atomic E-state index is -0.733. The monoisotopic (exact) mass is 333 g/mol. The second kappa shape index (κ2) is 5.73. The molecule has 1 fully saturated rings. The maximum absolute atomic E-state index is 12.8. The molecule has 128 valence electrons.